The Kier molecular flexibility index (Phi) is 4.32. The summed E-state index contributed by atoms with van der Waals surface area (Å²) in [6.45, 7) is 9.38. The number of thiophene rings is 1. The first-order valence-corrected chi connectivity index (χ1v) is 6.18. The second kappa shape index (κ2) is 5.10. The third-order valence-corrected chi connectivity index (χ3v) is 3.46. The predicted octanol–water partition coefficient (Wildman–Crippen LogP) is 2.47. The standard InChI is InChI=1S/C12H22N2S/c1-10-5-6-11(15-10)7-14(4)9-12(2,3)8-13/h5-6H,7-9,13H2,1-4H3. The van der Waals surface area contributed by atoms with Crippen LogP contribution in [0.25, 0.3) is 0 Å². The number of nitrogens with two attached hydrogens (primary N) is 1. The van der Waals surface area contributed by atoms with Gasteiger partial charge in [-0.25, -0.2) is 0 Å². The molecule has 1 heterocycles. The molecule has 1 rings (SSSR count). The summed E-state index contributed by atoms with van der Waals surface area (Å²) in [7, 11) is 2.16. The van der Waals surface area contributed by atoms with Crippen LogP contribution in [0.2, 0.25) is 0 Å². The fourth-order valence-corrected chi connectivity index (χ4v) is 2.66. The molecule has 3 heteroatoms. The highest BCUT2D eigenvalue weighted by molar-refractivity contribution is 7.11. The van der Waals surface area contributed by atoms with E-state index >= 15 is 0 Å². The predicted molar refractivity (Wildman–Crippen MR) is 68.2 cm³/mol. The maximum atomic E-state index is 5.73. The molecule has 15 heavy (non-hydrogen) atoms. The van der Waals surface area contributed by atoms with Crippen molar-refractivity contribution in [3.8, 4) is 0 Å². The molecule has 1 aromatic heterocycles. The van der Waals surface area contributed by atoms with Crippen LogP contribution in [0.5, 0.6) is 0 Å². The van der Waals surface area contributed by atoms with Gasteiger partial charge in [0.15, 0.2) is 0 Å². The smallest absolute Gasteiger partial charge is 0.0325 e. The van der Waals surface area contributed by atoms with E-state index in [4.69, 9.17) is 5.73 Å². The third-order valence-electron chi connectivity index (χ3n) is 2.47. The van der Waals surface area contributed by atoms with E-state index in [1.807, 2.05) is 11.3 Å². The quantitative estimate of drug-likeness (QED) is 0.836. The van der Waals surface area contributed by atoms with Crippen molar-refractivity contribution < 1.29 is 0 Å². The second-order valence-corrected chi connectivity index (χ2v) is 6.43. The zero-order chi connectivity index (χ0) is 11.5. The van der Waals surface area contributed by atoms with Gasteiger partial charge in [-0.1, -0.05) is 13.8 Å². The second-order valence-electron chi connectivity index (χ2n) is 5.05. The minimum atomic E-state index is 0.209. The van der Waals surface area contributed by atoms with Crippen molar-refractivity contribution in [1.82, 2.24) is 4.90 Å². The van der Waals surface area contributed by atoms with Gasteiger partial charge in [-0.2, -0.15) is 0 Å². The molecule has 0 spiro atoms. The van der Waals surface area contributed by atoms with Gasteiger partial charge in [-0.3, -0.25) is 0 Å². The van der Waals surface area contributed by atoms with E-state index in [2.05, 4.69) is 44.9 Å². The van der Waals surface area contributed by atoms with E-state index < -0.39 is 0 Å². The van der Waals surface area contributed by atoms with Crippen molar-refractivity contribution in [3.63, 3.8) is 0 Å². The Bertz CT molecular complexity index is 304. The lowest BCUT2D eigenvalue weighted by Gasteiger charge is -2.28. The molecular formula is C12H22N2S. The average Bonchev–Trinajstić information content (AvgIpc) is 2.50. The highest BCUT2D eigenvalue weighted by atomic mass is 32.1. The van der Waals surface area contributed by atoms with E-state index in [0.717, 1.165) is 19.6 Å². The highest BCUT2D eigenvalue weighted by Gasteiger charge is 2.18. The number of nitrogens with zero attached hydrogens (tertiary/aromatic N) is 1. The normalized spacial score (nSPS) is 12.4. The molecule has 86 valence electrons. The van der Waals surface area contributed by atoms with Gasteiger partial charge < -0.3 is 10.6 Å². The van der Waals surface area contributed by atoms with Crippen LogP contribution in [-0.4, -0.2) is 25.0 Å². The Morgan fingerprint density at radius 1 is 1.40 bits per heavy atom. The molecule has 0 saturated carbocycles. The molecule has 0 amide bonds. The fraction of sp³-hybridized carbons (Fsp3) is 0.667. The summed E-state index contributed by atoms with van der Waals surface area (Å²) in [6, 6.07) is 4.40. The Balaban J connectivity index is 2.46. The molecule has 0 saturated heterocycles. The van der Waals surface area contributed by atoms with Gasteiger partial charge in [0.05, 0.1) is 0 Å². The Morgan fingerprint density at radius 3 is 2.53 bits per heavy atom. The fourth-order valence-electron chi connectivity index (χ4n) is 1.69. The molecule has 2 nitrogen and oxygen atoms in total. The number of aryl methyl sites for hydroxylation is 1. The van der Waals surface area contributed by atoms with Crippen LogP contribution in [0.1, 0.15) is 23.6 Å². The zero-order valence-corrected chi connectivity index (χ0v) is 11.0. The van der Waals surface area contributed by atoms with Crippen molar-refractivity contribution in [1.29, 1.82) is 0 Å². The van der Waals surface area contributed by atoms with Crippen LogP contribution in [0.3, 0.4) is 0 Å². The van der Waals surface area contributed by atoms with Crippen molar-refractivity contribution in [2.75, 3.05) is 20.1 Å². The lowest BCUT2D eigenvalue weighted by Crippen LogP contribution is -2.36. The maximum Gasteiger partial charge on any atom is 0.0325 e. The molecule has 0 aliphatic rings. The average molecular weight is 226 g/mol. The molecule has 0 fully saturated rings. The van der Waals surface area contributed by atoms with Gasteiger partial charge in [0, 0.05) is 22.8 Å². The summed E-state index contributed by atoms with van der Waals surface area (Å²) in [6.07, 6.45) is 0. The van der Waals surface area contributed by atoms with Gasteiger partial charge >= 0.3 is 0 Å². The van der Waals surface area contributed by atoms with Gasteiger partial charge in [0.1, 0.15) is 0 Å². The van der Waals surface area contributed by atoms with Gasteiger partial charge in [0.2, 0.25) is 0 Å². The summed E-state index contributed by atoms with van der Waals surface area (Å²) in [5.74, 6) is 0. The first-order chi connectivity index (χ1) is 6.93. The molecule has 1 aromatic rings. The van der Waals surface area contributed by atoms with Crippen LogP contribution >= 0.6 is 11.3 Å². The van der Waals surface area contributed by atoms with Crippen molar-refractivity contribution in [2.45, 2.75) is 27.3 Å². The van der Waals surface area contributed by atoms with Crippen LogP contribution in [0, 0.1) is 12.3 Å². The van der Waals surface area contributed by atoms with E-state index in [1.54, 1.807) is 0 Å². The molecule has 0 aromatic carbocycles. The molecule has 0 atom stereocenters. The molecule has 0 bridgehead atoms. The lowest BCUT2D eigenvalue weighted by molar-refractivity contribution is 0.211. The first kappa shape index (κ1) is 12.7. The molecule has 0 radical (unpaired) electrons. The van der Waals surface area contributed by atoms with Crippen LogP contribution in [0.4, 0.5) is 0 Å². The Hall–Kier alpha value is -0.380. The van der Waals surface area contributed by atoms with Gasteiger partial charge in [-0.15, -0.1) is 11.3 Å². The summed E-state index contributed by atoms with van der Waals surface area (Å²) in [4.78, 5) is 5.16. The highest BCUT2D eigenvalue weighted by Crippen LogP contribution is 2.19. The summed E-state index contributed by atoms with van der Waals surface area (Å²) in [5.41, 5.74) is 5.94. The van der Waals surface area contributed by atoms with Crippen molar-refractivity contribution in [3.05, 3.63) is 21.9 Å². The maximum absolute atomic E-state index is 5.73. The largest absolute Gasteiger partial charge is 0.330 e. The number of hydrogen-bond donors (Lipinski definition) is 1. The number of rotatable bonds is 5. The number of hydrogen-bond acceptors (Lipinski definition) is 3. The van der Waals surface area contributed by atoms with Crippen molar-refractivity contribution in [2.24, 2.45) is 11.1 Å². The molecule has 0 aliphatic carbocycles. The molecule has 0 aliphatic heterocycles. The Morgan fingerprint density at radius 2 is 2.07 bits per heavy atom. The monoisotopic (exact) mass is 226 g/mol. The zero-order valence-electron chi connectivity index (χ0n) is 10.2. The van der Waals surface area contributed by atoms with Crippen LogP contribution in [-0.2, 0) is 6.54 Å². The third kappa shape index (κ3) is 4.33. The minimum absolute atomic E-state index is 0.209. The van der Waals surface area contributed by atoms with Crippen LogP contribution < -0.4 is 5.73 Å². The molecule has 0 unspecified atom stereocenters. The summed E-state index contributed by atoms with van der Waals surface area (Å²) < 4.78 is 0. The lowest BCUT2D eigenvalue weighted by atomic mass is 9.93. The first-order valence-electron chi connectivity index (χ1n) is 5.37. The Labute approximate surface area is 97.1 Å². The van der Waals surface area contributed by atoms with E-state index in [0.29, 0.717) is 0 Å². The molecule has 2 N–H and O–H groups in total. The van der Waals surface area contributed by atoms with Crippen molar-refractivity contribution >= 4 is 11.3 Å². The van der Waals surface area contributed by atoms with Crippen LogP contribution in [0.15, 0.2) is 12.1 Å². The topological polar surface area (TPSA) is 29.3 Å². The summed E-state index contributed by atoms with van der Waals surface area (Å²) in [5, 5.41) is 0. The van der Waals surface area contributed by atoms with E-state index in [1.165, 1.54) is 9.75 Å². The van der Waals surface area contributed by atoms with E-state index in [-0.39, 0.29) is 5.41 Å². The molecular weight excluding hydrogens is 204 g/mol. The summed E-state index contributed by atoms with van der Waals surface area (Å²) >= 11 is 1.88. The van der Waals surface area contributed by atoms with E-state index in [9.17, 15) is 0 Å². The van der Waals surface area contributed by atoms with Gasteiger partial charge in [0.25, 0.3) is 0 Å². The van der Waals surface area contributed by atoms with Gasteiger partial charge in [-0.05, 0) is 38.1 Å². The SMILES string of the molecule is Cc1ccc(CN(C)CC(C)(C)CN)s1. The minimum Gasteiger partial charge on any atom is -0.330 e.